The summed E-state index contributed by atoms with van der Waals surface area (Å²) in [5.74, 6) is 0.677. The lowest BCUT2D eigenvalue weighted by atomic mass is 10.0. The van der Waals surface area contributed by atoms with Crippen LogP contribution in [0.5, 0.6) is 0 Å². The van der Waals surface area contributed by atoms with Crippen molar-refractivity contribution in [1.82, 2.24) is 4.90 Å². The standard InChI is InChI=1S/C11H24N2/c1-10(9-12)5-8-13-7-4-6-11(13,2)3/h10H,4-9,12H2,1-3H3. The molecule has 0 aliphatic carbocycles. The summed E-state index contributed by atoms with van der Waals surface area (Å²) in [5, 5.41) is 0. The number of hydrogen-bond acceptors (Lipinski definition) is 2. The van der Waals surface area contributed by atoms with Gasteiger partial charge in [0.15, 0.2) is 0 Å². The third-order valence-corrected chi connectivity index (χ3v) is 3.37. The van der Waals surface area contributed by atoms with E-state index in [0.717, 1.165) is 6.54 Å². The van der Waals surface area contributed by atoms with Crippen molar-refractivity contribution in [2.24, 2.45) is 11.7 Å². The van der Waals surface area contributed by atoms with E-state index >= 15 is 0 Å². The molecule has 1 heterocycles. The largest absolute Gasteiger partial charge is 0.330 e. The Morgan fingerprint density at radius 1 is 1.46 bits per heavy atom. The van der Waals surface area contributed by atoms with Gasteiger partial charge < -0.3 is 5.73 Å². The second-order valence-corrected chi connectivity index (χ2v) is 5.03. The van der Waals surface area contributed by atoms with Crippen molar-refractivity contribution in [3.05, 3.63) is 0 Å². The highest BCUT2D eigenvalue weighted by molar-refractivity contribution is 4.87. The third kappa shape index (κ3) is 2.96. The minimum atomic E-state index is 0.439. The molecule has 0 bridgehead atoms. The fraction of sp³-hybridized carbons (Fsp3) is 1.00. The highest BCUT2D eigenvalue weighted by Gasteiger charge is 2.31. The van der Waals surface area contributed by atoms with E-state index in [1.807, 2.05) is 0 Å². The highest BCUT2D eigenvalue weighted by atomic mass is 15.2. The molecular weight excluding hydrogens is 160 g/mol. The monoisotopic (exact) mass is 184 g/mol. The molecule has 1 aliphatic heterocycles. The Balaban J connectivity index is 2.28. The van der Waals surface area contributed by atoms with Gasteiger partial charge >= 0.3 is 0 Å². The first kappa shape index (κ1) is 11.0. The van der Waals surface area contributed by atoms with Gasteiger partial charge in [-0.2, -0.15) is 0 Å². The minimum Gasteiger partial charge on any atom is -0.330 e. The maximum absolute atomic E-state index is 5.61. The van der Waals surface area contributed by atoms with Gasteiger partial charge in [0, 0.05) is 5.54 Å². The molecule has 2 N–H and O–H groups in total. The zero-order valence-corrected chi connectivity index (χ0v) is 9.34. The Morgan fingerprint density at radius 2 is 2.15 bits per heavy atom. The molecule has 78 valence electrons. The summed E-state index contributed by atoms with van der Waals surface area (Å²) in [6.07, 6.45) is 3.97. The fourth-order valence-electron chi connectivity index (χ4n) is 2.07. The molecule has 0 aromatic heterocycles. The first-order chi connectivity index (χ1) is 6.06. The number of likely N-dealkylation sites (tertiary alicyclic amines) is 1. The molecular formula is C11H24N2. The summed E-state index contributed by atoms with van der Waals surface area (Å²) in [4.78, 5) is 2.61. The lowest BCUT2D eigenvalue weighted by molar-refractivity contribution is 0.165. The maximum Gasteiger partial charge on any atom is 0.0153 e. The van der Waals surface area contributed by atoms with Crippen LogP contribution in [0.2, 0.25) is 0 Å². The predicted octanol–water partition coefficient (Wildman–Crippen LogP) is 1.85. The molecule has 2 nitrogen and oxygen atoms in total. The molecule has 0 aromatic rings. The van der Waals surface area contributed by atoms with Crippen LogP contribution in [0.3, 0.4) is 0 Å². The summed E-state index contributed by atoms with van der Waals surface area (Å²) in [6.45, 7) is 10.3. The third-order valence-electron chi connectivity index (χ3n) is 3.37. The van der Waals surface area contributed by atoms with Crippen LogP contribution in [-0.2, 0) is 0 Å². The molecule has 1 unspecified atom stereocenters. The van der Waals surface area contributed by atoms with Crippen LogP contribution in [0.15, 0.2) is 0 Å². The Labute approximate surface area is 82.5 Å². The Kier molecular flexibility index (Phi) is 3.74. The molecule has 0 aromatic carbocycles. The van der Waals surface area contributed by atoms with Gasteiger partial charge in [0.05, 0.1) is 0 Å². The number of nitrogens with two attached hydrogens (primary N) is 1. The van der Waals surface area contributed by atoms with Gasteiger partial charge in [0.1, 0.15) is 0 Å². The predicted molar refractivity (Wildman–Crippen MR) is 57.7 cm³/mol. The quantitative estimate of drug-likeness (QED) is 0.722. The first-order valence-corrected chi connectivity index (χ1v) is 5.51. The van der Waals surface area contributed by atoms with E-state index < -0.39 is 0 Å². The van der Waals surface area contributed by atoms with Crippen LogP contribution in [0, 0.1) is 5.92 Å². The van der Waals surface area contributed by atoms with Crippen molar-refractivity contribution < 1.29 is 0 Å². The normalized spacial score (nSPS) is 24.9. The van der Waals surface area contributed by atoms with Gasteiger partial charge in [-0.25, -0.2) is 0 Å². The summed E-state index contributed by atoms with van der Waals surface area (Å²) >= 11 is 0. The molecule has 0 amide bonds. The molecule has 1 fully saturated rings. The van der Waals surface area contributed by atoms with E-state index in [4.69, 9.17) is 5.73 Å². The van der Waals surface area contributed by atoms with Gasteiger partial charge in [0.2, 0.25) is 0 Å². The van der Waals surface area contributed by atoms with E-state index in [9.17, 15) is 0 Å². The van der Waals surface area contributed by atoms with Crippen molar-refractivity contribution in [3.63, 3.8) is 0 Å². The van der Waals surface area contributed by atoms with Crippen LogP contribution < -0.4 is 5.73 Å². The van der Waals surface area contributed by atoms with E-state index in [0.29, 0.717) is 11.5 Å². The van der Waals surface area contributed by atoms with Gasteiger partial charge in [-0.3, -0.25) is 4.90 Å². The molecule has 1 aliphatic rings. The number of rotatable bonds is 4. The van der Waals surface area contributed by atoms with Crippen LogP contribution in [0.1, 0.15) is 40.0 Å². The zero-order valence-electron chi connectivity index (χ0n) is 9.34. The summed E-state index contributed by atoms with van der Waals surface area (Å²) < 4.78 is 0. The molecule has 0 radical (unpaired) electrons. The van der Waals surface area contributed by atoms with Crippen molar-refractivity contribution in [3.8, 4) is 0 Å². The Hall–Kier alpha value is -0.0800. The summed E-state index contributed by atoms with van der Waals surface area (Å²) in [7, 11) is 0. The smallest absolute Gasteiger partial charge is 0.0153 e. The van der Waals surface area contributed by atoms with Crippen LogP contribution in [0.4, 0.5) is 0 Å². The molecule has 1 atom stereocenters. The van der Waals surface area contributed by atoms with Crippen LogP contribution >= 0.6 is 0 Å². The van der Waals surface area contributed by atoms with E-state index in [-0.39, 0.29) is 0 Å². The second kappa shape index (κ2) is 4.43. The maximum atomic E-state index is 5.61. The lowest BCUT2D eigenvalue weighted by Crippen LogP contribution is -2.39. The second-order valence-electron chi connectivity index (χ2n) is 5.03. The SMILES string of the molecule is CC(CN)CCN1CCCC1(C)C. The van der Waals surface area contributed by atoms with Gasteiger partial charge in [-0.1, -0.05) is 6.92 Å². The Bertz CT molecular complexity index is 154. The van der Waals surface area contributed by atoms with Crippen molar-refractivity contribution >= 4 is 0 Å². The topological polar surface area (TPSA) is 29.3 Å². The molecule has 13 heavy (non-hydrogen) atoms. The molecule has 1 saturated heterocycles. The molecule has 0 spiro atoms. The minimum absolute atomic E-state index is 0.439. The zero-order chi connectivity index (χ0) is 9.90. The molecule has 2 heteroatoms. The van der Waals surface area contributed by atoms with Crippen LogP contribution in [0.25, 0.3) is 0 Å². The molecule has 0 saturated carbocycles. The van der Waals surface area contributed by atoms with E-state index in [1.54, 1.807) is 0 Å². The Morgan fingerprint density at radius 3 is 2.62 bits per heavy atom. The average Bonchev–Trinajstić information content (AvgIpc) is 2.41. The van der Waals surface area contributed by atoms with Crippen molar-refractivity contribution in [2.45, 2.75) is 45.6 Å². The fourth-order valence-corrected chi connectivity index (χ4v) is 2.07. The number of nitrogens with zero attached hydrogens (tertiary/aromatic N) is 1. The van der Waals surface area contributed by atoms with Gasteiger partial charge in [0.25, 0.3) is 0 Å². The van der Waals surface area contributed by atoms with Crippen molar-refractivity contribution in [1.29, 1.82) is 0 Å². The summed E-state index contributed by atoms with van der Waals surface area (Å²) in [6, 6.07) is 0. The summed E-state index contributed by atoms with van der Waals surface area (Å²) in [5.41, 5.74) is 6.04. The average molecular weight is 184 g/mol. The highest BCUT2D eigenvalue weighted by Crippen LogP contribution is 2.28. The molecule has 1 rings (SSSR count). The lowest BCUT2D eigenvalue weighted by Gasteiger charge is -2.32. The van der Waals surface area contributed by atoms with Crippen LogP contribution in [-0.4, -0.2) is 30.1 Å². The van der Waals surface area contributed by atoms with E-state index in [1.165, 1.54) is 32.4 Å². The number of hydrogen-bond donors (Lipinski definition) is 1. The van der Waals surface area contributed by atoms with Gasteiger partial charge in [-0.15, -0.1) is 0 Å². The van der Waals surface area contributed by atoms with Crippen molar-refractivity contribution in [2.75, 3.05) is 19.6 Å². The van der Waals surface area contributed by atoms with Gasteiger partial charge in [-0.05, 0) is 58.7 Å². The first-order valence-electron chi connectivity index (χ1n) is 5.51. The van der Waals surface area contributed by atoms with E-state index in [2.05, 4.69) is 25.7 Å².